The van der Waals surface area contributed by atoms with Gasteiger partial charge in [-0.2, -0.15) is 0 Å². The first kappa shape index (κ1) is 25.9. The SMILES string of the molecule is c1ccc(-c2nc(-c3cc4c(ccc5ccc6ccccc6c54)c4ccccc34)nc(-c3cccc4oc5ccccc5c34)n2)cc1. The number of benzene rings is 8. The summed E-state index contributed by atoms with van der Waals surface area (Å²) in [6.45, 7) is 0. The average molecular weight is 600 g/mol. The highest BCUT2D eigenvalue weighted by atomic mass is 16.3. The molecule has 10 rings (SSSR count). The molecule has 47 heavy (non-hydrogen) atoms. The molecule has 218 valence electrons. The van der Waals surface area contributed by atoms with Crippen LogP contribution in [0.4, 0.5) is 0 Å². The lowest BCUT2D eigenvalue weighted by atomic mass is 9.91. The van der Waals surface area contributed by atoms with Crippen LogP contribution < -0.4 is 0 Å². The number of furan rings is 1. The number of aromatic nitrogens is 3. The van der Waals surface area contributed by atoms with Crippen LogP contribution in [-0.4, -0.2) is 15.0 Å². The fourth-order valence-electron chi connectivity index (χ4n) is 7.16. The number of para-hydroxylation sites is 1. The van der Waals surface area contributed by atoms with E-state index in [0.29, 0.717) is 17.5 Å². The van der Waals surface area contributed by atoms with E-state index < -0.39 is 0 Å². The molecule has 0 spiro atoms. The zero-order chi connectivity index (χ0) is 30.9. The van der Waals surface area contributed by atoms with Gasteiger partial charge < -0.3 is 4.42 Å². The summed E-state index contributed by atoms with van der Waals surface area (Å²) in [6, 6.07) is 52.8. The molecular weight excluding hydrogens is 574 g/mol. The molecule has 4 heteroatoms. The van der Waals surface area contributed by atoms with Crippen molar-refractivity contribution in [1.82, 2.24) is 15.0 Å². The molecule has 0 fully saturated rings. The smallest absolute Gasteiger partial charge is 0.164 e. The quantitative estimate of drug-likeness (QED) is 0.190. The Morgan fingerprint density at radius 1 is 0.340 bits per heavy atom. The van der Waals surface area contributed by atoms with Gasteiger partial charge in [0.25, 0.3) is 0 Å². The van der Waals surface area contributed by atoms with Crippen LogP contribution in [0.3, 0.4) is 0 Å². The summed E-state index contributed by atoms with van der Waals surface area (Å²) in [4.78, 5) is 15.6. The first-order valence-corrected chi connectivity index (χ1v) is 15.8. The Labute approximate surface area is 269 Å². The summed E-state index contributed by atoms with van der Waals surface area (Å²) >= 11 is 0. The summed E-state index contributed by atoms with van der Waals surface area (Å²) in [5.74, 6) is 1.87. The molecule has 0 atom stereocenters. The van der Waals surface area contributed by atoms with E-state index in [4.69, 9.17) is 19.4 Å². The average Bonchev–Trinajstić information content (AvgIpc) is 3.53. The summed E-state index contributed by atoms with van der Waals surface area (Å²) in [5, 5.41) is 11.6. The first-order chi connectivity index (χ1) is 23.3. The second kappa shape index (κ2) is 10.1. The molecule has 0 bridgehead atoms. The van der Waals surface area contributed by atoms with Crippen LogP contribution in [0.2, 0.25) is 0 Å². The van der Waals surface area contributed by atoms with Gasteiger partial charge in [0.05, 0.1) is 0 Å². The number of hydrogen-bond acceptors (Lipinski definition) is 4. The van der Waals surface area contributed by atoms with Gasteiger partial charge in [-0.15, -0.1) is 0 Å². The van der Waals surface area contributed by atoms with Crippen molar-refractivity contribution in [1.29, 1.82) is 0 Å². The van der Waals surface area contributed by atoms with Crippen molar-refractivity contribution >= 4 is 65.0 Å². The van der Waals surface area contributed by atoms with Crippen molar-refractivity contribution in [2.24, 2.45) is 0 Å². The van der Waals surface area contributed by atoms with Crippen LogP contribution in [0.1, 0.15) is 0 Å². The third-order valence-electron chi connectivity index (χ3n) is 9.30. The second-order valence-corrected chi connectivity index (χ2v) is 12.0. The Hall–Kier alpha value is -6.39. The van der Waals surface area contributed by atoms with Crippen molar-refractivity contribution in [2.45, 2.75) is 0 Å². The van der Waals surface area contributed by atoms with Crippen molar-refractivity contribution in [3.63, 3.8) is 0 Å². The molecule has 0 saturated heterocycles. The minimum Gasteiger partial charge on any atom is -0.456 e. The normalized spacial score (nSPS) is 11.8. The molecule has 0 aliphatic rings. The molecule has 0 saturated carbocycles. The highest BCUT2D eigenvalue weighted by Crippen LogP contribution is 2.41. The molecule has 0 N–H and O–H groups in total. The zero-order valence-corrected chi connectivity index (χ0v) is 25.2. The van der Waals surface area contributed by atoms with Gasteiger partial charge in [0.2, 0.25) is 0 Å². The van der Waals surface area contributed by atoms with Gasteiger partial charge in [0, 0.05) is 27.5 Å². The van der Waals surface area contributed by atoms with Crippen molar-refractivity contribution in [3.05, 3.63) is 152 Å². The molecular formula is C43H25N3O. The van der Waals surface area contributed by atoms with Crippen LogP contribution in [0.15, 0.2) is 156 Å². The topological polar surface area (TPSA) is 51.8 Å². The number of hydrogen-bond donors (Lipinski definition) is 0. The summed E-state index contributed by atoms with van der Waals surface area (Å²) in [7, 11) is 0. The lowest BCUT2D eigenvalue weighted by Crippen LogP contribution is -2.01. The second-order valence-electron chi connectivity index (χ2n) is 12.0. The summed E-state index contributed by atoms with van der Waals surface area (Å²) < 4.78 is 6.26. The van der Waals surface area contributed by atoms with Gasteiger partial charge in [0.15, 0.2) is 17.5 Å². The van der Waals surface area contributed by atoms with Crippen LogP contribution in [0.25, 0.3) is 99.2 Å². The molecule has 2 aromatic heterocycles. The fraction of sp³-hybridized carbons (Fsp3) is 0. The van der Waals surface area contributed by atoms with Gasteiger partial charge in [-0.05, 0) is 61.3 Å². The third kappa shape index (κ3) is 3.98. The van der Waals surface area contributed by atoms with E-state index in [9.17, 15) is 0 Å². The Kier molecular flexibility index (Phi) is 5.54. The number of fused-ring (bicyclic) bond motifs is 10. The Morgan fingerprint density at radius 3 is 1.83 bits per heavy atom. The van der Waals surface area contributed by atoms with Gasteiger partial charge in [-0.25, -0.2) is 15.0 Å². The summed E-state index contributed by atoms with van der Waals surface area (Å²) in [6.07, 6.45) is 0. The van der Waals surface area contributed by atoms with E-state index in [2.05, 4.69) is 103 Å². The monoisotopic (exact) mass is 599 g/mol. The highest BCUT2D eigenvalue weighted by Gasteiger charge is 2.20. The molecule has 0 amide bonds. The van der Waals surface area contributed by atoms with E-state index in [0.717, 1.165) is 44.0 Å². The van der Waals surface area contributed by atoms with E-state index >= 15 is 0 Å². The molecule has 0 unspecified atom stereocenters. The van der Waals surface area contributed by atoms with E-state index in [1.165, 1.54) is 37.7 Å². The number of rotatable bonds is 3. The minimum absolute atomic E-state index is 0.610. The van der Waals surface area contributed by atoms with Crippen LogP contribution in [0, 0.1) is 0 Å². The predicted octanol–water partition coefficient (Wildman–Crippen LogP) is 11.4. The van der Waals surface area contributed by atoms with E-state index in [1.807, 2.05) is 48.5 Å². The van der Waals surface area contributed by atoms with Crippen molar-refractivity contribution in [3.8, 4) is 34.2 Å². The molecule has 0 radical (unpaired) electrons. The van der Waals surface area contributed by atoms with Gasteiger partial charge in [0.1, 0.15) is 11.2 Å². The predicted molar refractivity (Wildman–Crippen MR) is 193 cm³/mol. The van der Waals surface area contributed by atoms with Crippen LogP contribution in [-0.2, 0) is 0 Å². The first-order valence-electron chi connectivity index (χ1n) is 15.8. The fourth-order valence-corrected chi connectivity index (χ4v) is 7.16. The maximum Gasteiger partial charge on any atom is 0.164 e. The number of nitrogens with zero attached hydrogens (tertiary/aromatic N) is 3. The maximum absolute atomic E-state index is 6.26. The van der Waals surface area contributed by atoms with Crippen LogP contribution >= 0.6 is 0 Å². The molecule has 2 heterocycles. The maximum atomic E-state index is 6.26. The third-order valence-corrected chi connectivity index (χ3v) is 9.30. The molecule has 10 aromatic rings. The molecule has 4 nitrogen and oxygen atoms in total. The minimum atomic E-state index is 0.610. The van der Waals surface area contributed by atoms with Crippen molar-refractivity contribution in [2.75, 3.05) is 0 Å². The Balaban J connectivity index is 1.33. The lowest BCUT2D eigenvalue weighted by molar-refractivity contribution is 0.669. The van der Waals surface area contributed by atoms with Crippen LogP contribution in [0.5, 0.6) is 0 Å². The van der Waals surface area contributed by atoms with Gasteiger partial charge >= 0.3 is 0 Å². The van der Waals surface area contributed by atoms with E-state index in [-0.39, 0.29) is 0 Å². The zero-order valence-electron chi connectivity index (χ0n) is 25.2. The Bertz CT molecular complexity index is 2850. The highest BCUT2D eigenvalue weighted by molar-refractivity contribution is 6.26. The Morgan fingerprint density at radius 2 is 0.957 bits per heavy atom. The molecule has 8 aromatic carbocycles. The van der Waals surface area contributed by atoms with E-state index in [1.54, 1.807) is 0 Å². The molecule has 0 aliphatic heterocycles. The largest absolute Gasteiger partial charge is 0.456 e. The van der Waals surface area contributed by atoms with Gasteiger partial charge in [-0.3, -0.25) is 0 Å². The molecule has 0 aliphatic carbocycles. The van der Waals surface area contributed by atoms with Gasteiger partial charge in [-0.1, -0.05) is 133 Å². The lowest BCUT2D eigenvalue weighted by Gasteiger charge is -2.15. The standard InChI is InChI=1S/C43H25N3O/c1-2-12-28(13-3-1)41-44-42(34-18-10-20-38-40(34)33-17-8-9-19-37(33)47-38)46-43(45-41)36-25-35-32(30-15-6-7-16-31(30)36)24-23-27-22-21-26-11-4-5-14-29(26)39(27)35/h1-25H. The van der Waals surface area contributed by atoms with Crippen molar-refractivity contribution < 1.29 is 4.42 Å². The summed E-state index contributed by atoms with van der Waals surface area (Å²) in [5.41, 5.74) is 4.46.